The number of amides is 4. The number of rotatable bonds is 5. The molecule has 0 radical (unpaired) electrons. The number of esters is 1. The fraction of sp³-hybridized carbons (Fsp3) is 0.545. The van der Waals surface area contributed by atoms with Crippen molar-refractivity contribution < 1.29 is 33.4 Å². The van der Waals surface area contributed by atoms with Crippen molar-refractivity contribution in [1.29, 1.82) is 0 Å². The van der Waals surface area contributed by atoms with Gasteiger partial charge in [0.05, 0.1) is 0 Å². The average Bonchev–Trinajstić information content (AvgIpc) is 3.23. The molecule has 1 spiro atoms. The van der Waals surface area contributed by atoms with Gasteiger partial charge in [-0.2, -0.15) is 0 Å². The topological polar surface area (TPSA) is 123 Å². The Bertz CT molecular complexity index is 976. The largest absolute Gasteiger partial charge is 0.454 e. The molecule has 4 rings (SSSR count). The summed E-state index contributed by atoms with van der Waals surface area (Å²) >= 11 is 0. The van der Waals surface area contributed by atoms with E-state index in [1.807, 2.05) is 0 Å². The number of ether oxygens (including phenoxy) is 3. The van der Waals surface area contributed by atoms with E-state index in [4.69, 9.17) is 14.2 Å². The Labute approximate surface area is 185 Å². The third-order valence-electron chi connectivity index (χ3n) is 5.93. The van der Waals surface area contributed by atoms with Crippen molar-refractivity contribution in [2.75, 3.05) is 25.3 Å². The molecule has 0 unspecified atom stereocenters. The number of benzene rings is 1. The van der Waals surface area contributed by atoms with E-state index in [9.17, 15) is 19.2 Å². The van der Waals surface area contributed by atoms with Crippen molar-refractivity contribution >= 4 is 29.5 Å². The second-order valence-electron chi connectivity index (χ2n) is 9.53. The van der Waals surface area contributed by atoms with E-state index < -0.39 is 42.5 Å². The third kappa shape index (κ3) is 4.35. The first kappa shape index (κ1) is 21.9. The zero-order valence-electron chi connectivity index (χ0n) is 18.4. The molecule has 1 aromatic rings. The lowest BCUT2D eigenvalue weighted by Crippen LogP contribution is -2.54. The van der Waals surface area contributed by atoms with Gasteiger partial charge in [0.25, 0.3) is 11.8 Å². The van der Waals surface area contributed by atoms with Crippen molar-refractivity contribution in [3.8, 4) is 11.5 Å². The molecule has 1 saturated carbocycles. The van der Waals surface area contributed by atoms with Crippen LogP contribution >= 0.6 is 0 Å². The number of nitrogens with one attached hydrogen (secondary N) is 2. The first-order valence-corrected chi connectivity index (χ1v) is 10.6. The number of imide groups is 1. The number of urea groups is 1. The Kier molecular flexibility index (Phi) is 5.47. The number of carbonyl (C=O) groups excluding carboxylic acids is 4. The number of nitrogens with zero attached hydrogens (tertiary/aromatic N) is 1. The van der Waals surface area contributed by atoms with Gasteiger partial charge in [-0.1, -0.05) is 20.8 Å². The van der Waals surface area contributed by atoms with Gasteiger partial charge in [0.15, 0.2) is 18.1 Å². The van der Waals surface area contributed by atoms with Gasteiger partial charge < -0.3 is 24.8 Å². The van der Waals surface area contributed by atoms with Crippen LogP contribution in [0.2, 0.25) is 0 Å². The maximum atomic E-state index is 13.1. The lowest BCUT2D eigenvalue weighted by Gasteiger charge is -2.43. The number of fused-ring (bicyclic) bond motifs is 1. The van der Waals surface area contributed by atoms with Crippen LogP contribution in [-0.2, 0) is 19.1 Å². The highest BCUT2D eigenvalue weighted by Gasteiger charge is 2.56. The Morgan fingerprint density at radius 1 is 1.22 bits per heavy atom. The van der Waals surface area contributed by atoms with E-state index >= 15 is 0 Å². The molecule has 10 heteroatoms. The van der Waals surface area contributed by atoms with Crippen LogP contribution in [0, 0.1) is 11.3 Å². The molecule has 1 aromatic carbocycles. The molecule has 0 bridgehead atoms. The van der Waals surface area contributed by atoms with Crippen LogP contribution in [0.1, 0.15) is 40.0 Å². The van der Waals surface area contributed by atoms with Crippen molar-refractivity contribution in [2.24, 2.45) is 11.3 Å². The van der Waals surface area contributed by atoms with Crippen LogP contribution in [-0.4, -0.2) is 54.2 Å². The molecule has 3 aliphatic rings. The van der Waals surface area contributed by atoms with Gasteiger partial charge in [-0.25, -0.2) is 4.79 Å². The van der Waals surface area contributed by atoms with E-state index in [0.29, 0.717) is 30.0 Å². The molecular formula is C22H27N3O7. The molecule has 2 atom stereocenters. The van der Waals surface area contributed by atoms with Crippen molar-refractivity contribution in [2.45, 2.75) is 45.6 Å². The standard InChI is InChI=1S/C22H27N3O7/c1-13-7-21(2,3)11-22(8-13)19(28)25(20(29)24-22)9-18(27)30-10-17(26)23-14-4-5-15-16(6-14)32-12-31-15/h4-6,13H,7-12H2,1-3H3,(H,23,26)(H,24,29)/t13-,22+/m1/s1. The van der Waals surface area contributed by atoms with Gasteiger partial charge in [-0.05, 0) is 42.7 Å². The van der Waals surface area contributed by atoms with Crippen LogP contribution in [0.4, 0.5) is 10.5 Å². The summed E-state index contributed by atoms with van der Waals surface area (Å²) in [6, 6.07) is 4.28. The maximum absolute atomic E-state index is 13.1. The minimum Gasteiger partial charge on any atom is -0.454 e. The van der Waals surface area contributed by atoms with E-state index in [-0.39, 0.29) is 18.1 Å². The predicted molar refractivity (Wildman–Crippen MR) is 112 cm³/mol. The Balaban J connectivity index is 1.30. The number of carbonyl (C=O) groups is 4. The second-order valence-corrected chi connectivity index (χ2v) is 9.53. The highest BCUT2D eigenvalue weighted by atomic mass is 16.7. The van der Waals surface area contributed by atoms with Crippen LogP contribution in [0.3, 0.4) is 0 Å². The van der Waals surface area contributed by atoms with Crippen LogP contribution in [0.15, 0.2) is 18.2 Å². The van der Waals surface area contributed by atoms with Gasteiger partial charge in [0.2, 0.25) is 6.79 Å². The quantitative estimate of drug-likeness (QED) is 0.525. The minimum atomic E-state index is -0.991. The van der Waals surface area contributed by atoms with Crippen LogP contribution in [0.5, 0.6) is 11.5 Å². The first-order chi connectivity index (χ1) is 15.1. The predicted octanol–water partition coefficient (Wildman–Crippen LogP) is 2.03. The maximum Gasteiger partial charge on any atom is 0.326 e. The SMILES string of the molecule is C[C@@H]1CC(C)(C)C[C@]2(C1)NC(=O)N(CC(=O)OCC(=O)Nc1ccc3c(c1)OCO3)C2=O. The smallest absolute Gasteiger partial charge is 0.326 e. The molecular weight excluding hydrogens is 418 g/mol. The summed E-state index contributed by atoms with van der Waals surface area (Å²) in [6.45, 7) is 5.21. The molecule has 2 N–H and O–H groups in total. The molecule has 1 aliphatic carbocycles. The van der Waals surface area contributed by atoms with Crippen LogP contribution < -0.4 is 20.1 Å². The van der Waals surface area contributed by atoms with Crippen LogP contribution in [0.25, 0.3) is 0 Å². The fourth-order valence-corrected chi connectivity index (χ4v) is 5.14. The molecule has 0 aromatic heterocycles. The lowest BCUT2D eigenvalue weighted by molar-refractivity contribution is -0.150. The summed E-state index contributed by atoms with van der Waals surface area (Å²) in [4.78, 5) is 50.8. The third-order valence-corrected chi connectivity index (χ3v) is 5.93. The molecule has 2 heterocycles. The molecule has 2 aliphatic heterocycles. The number of hydrogen-bond acceptors (Lipinski definition) is 7. The zero-order chi connectivity index (χ0) is 23.1. The molecule has 1 saturated heterocycles. The molecule has 4 amide bonds. The molecule has 2 fully saturated rings. The summed E-state index contributed by atoms with van der Waals surface area (Å²) in [7, 11) is 0. The van der Waals surface area contributed by atoms with Crippen molar-refractivity contribution in [3.63, 3.8) is 0 Å². The minimum absolute atomic E-state index is 0.107. The number of anilines is 1. The Morgan fingerprint density at radius 3 is 2.72 bits per heavy atom. The fourth-order valence-electron chi connectivity index (χ4n) is 5.14. The van der Waals surface area contributed by atoms with Gasteiger partial charge in [0.1, 0.15) is 12.1 Å². The second kappa shape index (κ2) is 7.99. The van der Waals surface area contributed by atoms with E-state index in [1.165, 1.54) is 0 Å². The molecule has 10 nitrogen and oxygen atoms in total. The highest BCUT2D eigenvalue weighted by Crippen LogP contribution is 2.46. The normalized spacial score (nSPS) is 25.6. The summed E-state index contributed by atoms with van der Waals surface area (Å²) in [5, 5.41) is 5.39. The van der Waals surface area contributed by atoms with Crippen molar-refractivity contribution in [3.05, 3.63) is 18.2 Å². The van der Waals surface area contributed by atoms with Gasteiger partial charge in [0, 0.05) is 11.8 Å². The Hall–Kier alpha value is -3.30. The number of hydrogen-bond donors (Lipinski definition) is 2. The van der Waals surface area contributed by atoms with E-state index in [2.05, 4.69) is 31.4 Å². The summed E-state index contributed by atoms with van der Waals surface area (Å²) < 4.78 is 15.4. The zero-order valence-corrected chi connectivity index (χ0v) is 18.4. The van der Waals surface area contributed by atoms with Gasteiger partial charge in [-0.3, -0.25) is 19.3 Å². The molecule has 32 heavy (non-hydrogen) atoms. The monoisotopic (exact) mass is 445 g/mol. The average molecular weight is 445 g/mol. The van der Waals surface area contributed by atoms with E-state index in [0.717, 1.165) is 11.3 Å². The summed E-state index contributed by atoms with van der Waals surface area (Å²) in [5.74, 6) is -0.467. The first-order valence-electron chi connectivity index (χ1n) is 10.6. The highest BCUT2D eigenvalue weighted by molar-refractivity contribution is 6.09. The Morgan fingerprint density at radius 2 is 1.97 bits per heavy atom. The van der Waals surface area contributed by atoms with E-state index in [1.54, 1.807) is 18.2 Å². The lowest BCUT2D eigenvalue weighted by atomic mass is 9.64. The summed E-state index contributed by atoms with van der Waals surface area (Å²) in [6.07, 6.45) is 2.00. The van der Waals surface area contributed by atoms with Gasteiger partial charge >= 0.3 is 12.0 Å². The summed E-state index contributed by atoms with van der Waals surface area (Å²) in [5.41, 5.74) is -0.639. The van der Waals surface area contributed by atoms with Crippen molar-refractivity contribution in [1.82, 2.24) is 10.2 Å². The molecule has 172 valence electrons. The van der Waals surface area contributed by atoms with Gasteiger partial charge in [-0.15, -0.1) is 0 Å².